The van der Waals surface area contributed by atoms with Crippen molar-refractivity contribution in [2.24, 2.45) is 0 Å². The van der Waals surface area contributed by atoms with E-state index in [2.05, 4.69) is 25.3 Å². The highest BCUT2D eigenvalue weighted by Crippen LogP contribution is 2.28. The molecule has 1 saturated heterocycles. The van der Waals surface area contributed by atoms with Crippen LogP contribution in [0.25, 0.3) is 5.78 Å². The first-order chi connectivity index (χ1) is 15.6. The summed E-state index contributed by atoms with van der Waals surface area (Å²) in [5.74, 6) is 2.23. The maximum absolute atomic E-state index is 12.6. The number of rotatable bonds is 5. The fraction of sp³-hybridized carbons (Fsp3) is 0.591. The third-order valence-corrected chi connectivity index (χ3v) is 6.64. The second kappa shape index (κ2) is 8.85. The van der Waals surface area contributed by atoms with Crippen LogP contribution in [0.4, 0.5) is 11.6 Å². The number of anilines is 2. The van der Waals surface area contributed by atoms with Crippen molar-refractivity contribution in [1.29, 1.82) is 0 Å². The minimum absolute atomic E-state index is 0.146. The number of aliphatic hydroxyl groups is 1. The third-order valence-electron chi connectivity index (χ3n) is 6.64. The van der Waals surface area contributed by atoms with Crippen molar-refractivity contribution in [2.45, 2.75) is 70.1 Å². The molecule has 1 aliphatic carbocycles. The lowest BCUT2D eigenvalue weighted by Crippen LogP contribution is -2.45. The molecule has 0 aromatic carbocycles. The van der Waals surface area contributed by atoms with E-state index in [1.807, 2.05) is 19.1 Å². The van der Waals surface area contributed by atoms with Crippen molar-refractivity contribution >= 4 is 17.4 Å². The number of piperidine rings is 1. The molecule has 3 aromatic heterocycles. The highest BCUT2D eigenvalue weighted by atomic mass is 16.3. The topological polar surface area (TPSA) is 113 Å². The minimum atomic E-state index is -0.511. The van der Waals surface area contributed by atoms with Crippen LogP contribution in [0.1, 0.15) is 56.7 Å². The molecule has 0 radical (unpaired) electrons. The first kappa shape index (κ1) is 20.9. The zero-order valence-corrected chi connectivity index (χ0v) is 18.4. The Morgan fingerprint density at radius 1 is 1.16 bits per heavy atom. The normalized spacial score (nSPS) is 24.1. The summed E-state index contributed by atoms with van der Waals surface area (Å²) in [6.07, 6.45) is 7.79. The molecule has 0 amide bonds. The van der Waals surface area contributed by atoms with Gasteiger partial charge in [-0.15, -0.1) is 0 Å². The van der Waals surface area contributed by atoms with Crippen molar-refractivity contribution in [1.82, 2.24) is 29.4 Å². The van der Waals surface area contributed by atoms with Crippen LogP contribution in [0.5, 0.6) is 0 Å². The molecule has 3 atom stereocenters. The first-order valence-electron chi connectivity index (χ1n) is 11.6. The summed E-state index contributed by atoms with van der Waals surface area (Å²) in [7, 11) is 0. The number of nitrogens with zero attached hydrogens (tertiary/aromatic N) is 7. The molecule has 0 spiro atoms. The average Bonchev–Trinajstić information content (AvgIpc) is 3.27. The molecule has 0 bridgehead atoms. The van der Waals surface area contributed by atoms with E-state index in [0.29, 0.717) is 12.3 Å². The lowest BCUT2D eigenvalue weighted by molar-refractivity contribution is 0.0669. The molecule has 1 saturated carbocycles. The molecule has 2 N–H and O–H groups in total. The molecule has 4 heterocycles. The van der Waals surface area contributed by atoms with E-state index in [9.17, 15) is 9.90 Å². The number of hydrogen-bond donors (Lipinski definition) is 2. The Balaban J connectivity index is 1.38. The Morgan fingerprint density at radius 2 is 2.00 bits per heavy atom. The van der Waals surface area contributed by atoms with Gasteiger partial charge >= 0.3 is 0 Å². The average molecular weight is 439 g/mol. The van der Waals surface area contributed by atoms with Gasteiger partial charge in [0.1, 0.15) is 18.0 Å². The van der Waals surface area contributed by atoms with E-state index in [-0.39, 0.29) is 17.6 Å². The summed E-state index contributed by atoms with van der Waals surface area (Å²) < 4.78 is 3.23. The summed E-state index contributed by atoms with van der Waals surface area (Å²) in [5.41, 5.74) is 0.737. The fourth-order valence-electron chi connectivity index (χ4n) is 4.98. The van der Waals surface area contributed by atoms with Crippen LogP contribution < -0.4 is 15.8 Å². The Kier molecular flexibility index (Phi) is 5.77. The van der Waals surface area contributed by atoms with Crippen molar-refractivity contribution < 1.29 is 5.11 Å². The Labute approximate surface area is 186 Å². The number of aromatic nitrogens is 6. The Hall–Kier alpha value is -3.01. The van der Waals surface area contributed by atoms with Gasteiger partial charge < -0.3 is 15.3 Å². The van der Waals surface area contributed by atoms with E-state index in [0.717, 1.165) is 68.8 Å². The molecule has 170 valence electrons. The molecule has 10 nitrogen and oxygen atoms in total. The summed E-state index contributed by atoms with van der Waals surface area (Å²) in [5, 5.41) is 23.0. The molecule has 1 aliphatic heterocycles. The number of nitrogens with one attached hydrogen (secondary N) is 1. The third kappa shape index (κ3) is 4.06. The van der Waals surface area contributed by atoms with Crippen LogP contribution in [0.2, 0.25) is 0 Å². The highest BCUT2D eigenvalue weighted by molar-refractivity contribution is 5.46. The quantitative estimate of drug-likeness (QED) is 0.621. The monoisotopic (exact) mass is 438 g/mol. The maximum atomic E-state index is 12.6. The summed E-state index contributed by atoms with van der Waals surface area (Å²) in [4.78, 5) is 23.4. The Bertz CT molecular complexity index is 1140. The Morgan fingerprint density at radius 3 is 2.88 bits per heavy atom. The van der Waals surface area contributed by atoms with E-state index < -0.39 is 6.10 Å². The van der Waals surface area contributed by atoms with Gasteiger partial charge in [0.2, 0.25) is 0 Å². The van der Waals surface area contributed by atoms with E-state index in [1.54, 1.807) is 10.6 Å². The van der Waals surface area contributed by atoms with Crippen LogP contribution in [0.3, 0.4) is 0 Å². The minimum Gasteiger partial charge on any atom is -0.391 e. The largest absolute Gasteiger partial charge is 0.391 e. The van der Waals surface area contributed by atoms with Gasteiger partial charge in [0.25, 0.3) is 11.3 Å². The van der Waals surface area contributed by atoms with Crippen molar-refractivity contribution in [3.63, 3.8) is 0 Å². The van der Waals surface area contributed by atoms with Gasteiger partial charge in [0.15, 0.2) is 0 Å². The second-order valence-corrected chi connectivity index (χ2v) is 8.87. The molecule has 2 fully saturated rings. The van der Waals surface area contributed by atoms with Crippen LogP contribution in [0.15, 0.2) is 29.3 Å². The first-order valence-corrected chi connectivity index (χ1v) is 11.6. The molecular formula is C22H30N8O2. The predicted molar refractivity (Wildman–Crippen MR) is 121 cm³/mol. The highest BCUT2D eigenvalue weighted by Gasteiger charge is 2.29. The summed E-state index contributed by atoms with van der Waals surface area (Å²) >= 11 is 0. The number of aliphatic hydroxyl groups excluding tert-OH is 1. The lowest BCUT2D eigenvalue weighted by Gasteiger charge is -2.37. The van der Waals surface area contributed by atoms with Crippen LogP contribution >= 0.6 is 0 Å². The molecule has 10 heteroatoms. The molecule has 32 heavy (non-hydrogen) atoms. The molecule has 2 aliphatic rings. The van der Waals surface area contributed by atoms with E-state index in [4.69, 9.17) is 5.10 Å². The van der Waals surface area contributed by atoms with Crippen molar-refractivity contribution in [2.75, 3.05) is 23.3 Å². The zero-order chi connectivity index (χ0) is 22.1. The van der Waals surface area contributed by atoms with Crippen molar-refractivity contribution in [3.05, 3.63) is 40.6 Å². The van der Waals surface area contributed by atoms with Gasteiger partial charge in [-0.2, -0.15) is 19.7 Å². The van der Waals surface area contributed by atoms with Gasteiger partial charge in [-0.25, -0.2) is 9.67 Å². The maximum Gasteiger partial charge on any atom is 0.267 e. The van der Waals surface area contributed by atoms with E-state index >= 15 is 0 Å². The standard InChI is InChI=1S/C22H30N8O2/c1-15-12-20(30-22(26-15)24-14-25-30)23-13-16-6-4-5-11-28(16)19-9-10-21(32)29(27-19)17-7-2-3-8-18(17)31/h9-10,12,14,16-18,23,31H,2-8,11,13H2,1H3. The zero-order valence-electron chi connectivity index (χ0n) is 18.4. The number of fused-ring (bicyclic) bond motifs is 1. The molecule has 5 rings (SSSR count). The van der Waals surface area contributed by atoms with Crippen LogP contribution in [-0.4, -0.2) is 59.7 Å². The molecule has 3 aromatic rings. The fourth-order valence-corrected chi connectivity index (χ4v) is 4.98. The van der Waals surface area contributed by atoms with Crippen LogP contribution in [-0.2, 0) is 0 Å². The summed E-state index contributed by atoms with van der Waals surface area (Å²) in [6.45, 7) is 3.55. The molecule has 3 unspecified atom stereocenters. The van der Waals surface area contributed by atoms with Gasteiger partial charge in [-0.3, -0.25) is 4.79 Å². The number of aryl methyl sites for hydroxylation is 1. The molecular weight excluding hydrogens is 408 g/mol. The predicted octanol–water partition coefficient (Wildman–Crippen LogP) is 1.94. The van der Waals surface area contributed by atoms with Crippen molar-refractivity contribution in [3.8, 4) is 0 Å². The van der Waals surface area contributed by atoms with E-state index in [1.165, 1.54) is 11.0 Å². The van der Waals surface area contributed by atoms with Gasteiger partial charge in [0.05, 0.1) is 12.1 Å². The number of hydrogen-bond acceptors (Lipinski definition) is 8. The van der Waals surface area contributed by atoms with Gasteiger partial charge in [0, 0.05) is 37.0 Å². The van der Waals surface area contributed by atoms with Gasteiger partial charge in [-0.1, -0.05) is 12.8 Å². The second-order valence-electron chi connectivity index (χ2n) is 8.87. The smallest absolute Gasteiger partial charge is 0.267 e. The van der Waals surface area contributed by atoms with Gasteiger partial charge in [-0.05, 0) is 45.1 Å². The summed E-state index contributed by atoms with van der Waals surface area (Å²) in [6, 6.07) is 5.37. The lowest BCUT2D eigenvalue weighted by atomic mass is 9.93. The van der Waals surface area contributed by atoms with Crippen LogP contribution in [0, 0.1) is 6.92 Å². The SMILES string of the molecule is Cc1cc(NCC2CCCCN2c2ccc(=O)n(C3CCCCC3O)n2)n2ncnc2n1.